The Labute approximate surface area is 123 Å². The first kappa shape index (κ1) is 14.0. The van der Waals surface area contributed by atoms with E-state index in [-0.39, 0.29) is 12.1 Å². The van der Waals surface area contributed by atoms with Crippen LogP contribution in [-0.2, 0) is 6.54 Å². The maximum Gasteiger partial charge on any atom is 0.194 e. The maximum absolute atomic E-state index is 10.2. The lowest BCUT2D eigenvalue weighted by Crippen LogP contribution is -2.38. The molecule has 110 valence electrons. The summed E-state index contributed by atoms with van der Waals surface area (Å²) in [5.41, 5.74) is 2.31. The van der Waals surface area contributed by atoms with E-state index in [4.69, 9.17) is 0 Å². The number of rotatable bonds is 3. The van der Waals surface area contributed by atoms with Crippen LogP contribution in [-0.4, -0.2) is 26.6 Å². The second kappa shape index (κ2) is 5.84. The van der Waals surface area contributed by atoms with Crippen molar-refractivity contribution in [3.05, 3.63) is 22.5 Å². The molecule has 2 atom stereocenters. The van der Waals surface area contributed by atoms with Crippen molar-refractivity contribution in [2.24, 2.45) is 0 Å². The number of aliphatic hydroxyl groups is 1. The Morgan fingerprint density at radius 1 is 1.35 bits per heavy atom. The van der Waals surface area contributed by atoms with Crippen molar-refractivity contribution >= 4 is 16.3 Å². The number of aromatic nitrogens is 2. The minimum absolute atomic E-state index is 0.203. The van der Waals surface area contributed by atoms with Gasteiger partial charge in [-0.2, -0.15) is 0 Å². The fourth-order valence-electron chi connectivity index (χ4n) is 3.08. The first-order chi connectivity index (χ1) is 9.65. The van der Waals surface area contributed by atoms with Gasteiger partial charge in [0.25, 0.3) is 0 Å². The van der Waals surface area contributed by atoms with Gasteiger partial charge in [-0.3, -0.25) is 4.40 Å². The Balaban J connectivity index is 1.74. The molecular weight excluding hydrogens is 270 g/mol. The molecule has 0 spiro atoms. The van der Waals surface area contributed by atoms with Gasteiger partial charge in [-0.05, 0) is 26.7 Å². The lowest BCUT2D eigenvalue weighted by Gasteiger charge is -2.21. The monoisotopic (exact) mass is 293 g/mol. The topological polar surface area (TPSA) is 49.6 Å². The van der Waals surface area contributed by atoms with Gasteiger partial charge in [-0.1, -0.05) is 19.3 Å². The van der Waals surface area contributed by atoms with Gasteiger partial charge in [0.1, 0.15) is 0 Å². The van der Waals surface area contributed by atoms with Crippen LogP contribution in [0.15, 0.2) is 6.20 Å². The van der Waals surface area contributed by atoms with E-state index in [1.54, 1.807) is 11.3 Å². The number of nitrogens with zero attached hydrogens (tertiary/aromatic N) is 2. The third-order valence-electron chi connectivity index (χ3n) is 4.25. The van der Waals surface area contributed by atoms with Crippen LogP contribution in [0.2, 0.25) is 0 Å². The van der Waals surface area contributed by atoms with Crippen LogP contribution in [0.25, 0.3) is 4.96 Å². The number of thiazole rings is 1. The van der Waals surface area contributed by atoms with Crippen LogP contribution < -0.4 is 5.32 Å². The third-order valence-corrected chi connectivity index (χ3v) is 5.15. The molecule has 20 heavy (non-hydrogen) atoms. The smallest absolute Gasteiger partial charge is 0.194 e. The van der Waals surface area contributed by atoms with E-state index >= 15 is 0 Å². The summed E-state index contributed by atoms with van der Waals surface area (Å²) in [7, 11) is 0. The summed E-state index contributed by atoms with van der Waals surface area (Å²) in [6, 6.07) is 0.224. The number of hydrogen-bond acceptors (Lipinski definition) is 4. The highest BCUT2D eigenvalue weighted by molar-refractivity contribution is 7.17. The van der Waals surface area contributed by atoms with E-state index in [1.165, 1.54) is 23.4 Å². The zero-order valence-electron chi connectivity index (χ0n) is 12.2. The Morgan fingerprint density at radius 2 is 2.15 bits per heavy atom. The van der Waals surface area contributed by atoms with Crippen LogP contribution in [0.4, 0.5) is 0 Å². The minimum Gasteiger partial charge on any atom is -0.392 e. The average Bonchev–Trinajstić information content (AvgIpc) is 2.78. The molecule has 1 saturated carbocycles. The maximum atomic E-state index is 10.2. The summed E-state index contributed by atoms with van der Waals surface area (Å²) in [5, 5.41) is 13.7. The third kappa shape index (κ3) is 2.75. The lowest BCUT2D eigenvalue weighted by atomic mass is 10.1. The summed E-state index contributed by atoms with van der Waals surface area (Å²) >= 11 is 1.73. The van der Waals surface area contributed by atoms with Crippen molar-refractivity contribution in [3.63, 3.8) is 0 Å². The molecule has 0 amide bonds. The standard InChI is InChI=1S/C15H23N3OS/c1-10-9-18-13(11(2)17-15(18)20-10)8-16-12-6-4-3-5-7-14(12)19/h9,12,14,16,19H,3-8H2,1-2H3. The number of nitrogens with one attached hydrogen (secondary N) is 1. The molecule has 1 fully saturated rings. The Hall–Kier alpha value is -0.910. The van der Waals surface area contributed by atoms with Crippen molar-refractivity contribution in [2.45, 2.75) is 64.6 Å². The quantitative estimate of drug-likeness (QED) is 0.856. The van der Waals surface area contributed by atoms with E-state index in [0.717, 1.165) is 36.5 Å². The molecule has 0 bridgehead atoms. The summed E-state index contributed by atoms with van der Waals surface area (Å²) in [5.74, 6) is 0. The van der Waals surface area contributed by atoms with E-state index < -0.39 is 0 Å². The molecule has 5 heteroatoms. The van der Waals surface area contributed by atoms with Gasteiger partial charge in [0.2, 0.25) is 0 Å². The Bertz CT molecular complexity index is 589. The second-order valence-electron chi connectivity index (χ2n) is 5.83. The zero-order chi connectivity index (χ0) is 14.1. The van der Waals surface area contributed by atoms with Gasteiger partial charge in [0.05, 0.1) is 17.5 Å². The van der Waals surface area contributed by atoms with Crippen LogP contribution in [0, 0.1) is 13.8 Å². The highest BCUT2D eigenvalue weighted by Crippen LogP contribution is 2.22. The largest absolute Gasteiger partial charge is 0.392 e. The van der Waals surface area contributed by atoms with Crippen LogP contribution in [0.3, 0.4) is 0 Å². The Kier molecular flexibility index (Phi) is 4.10. The molecule has 1 aliphatic carbocycles. The molecule has 2 heterocycles. The van der Waals surface area contributed by atoms with Crippen LogP contribution in [0.1, 0.15) is 48.4 Å². The summed E-state index contributed by atoms with van der Waals surface area (Å²) in [4.78, 5) is 6.96. The fraction of sp³-hybridized carbons (Fsp3) is 0.667. The molecule has 0 radical (unpaired) electrons. The molecule has 2 N–H and O–H groups in total. The average molecular weight is 293 g/mol. The van der Waals surface area contributed by atoms with Gasteiger partial charge in [0.15, 0.2) is 4.96 Å². The molecule has 2 unspecified atom stereocenters. The van der Waals surface area contributed by atoms with Crippen molar-refractivity contribution < 1.29 is 5.11 Å². The molecule has 3 rings (SSSR count). The van der Waals surface area contributed by atoms with E-state index in [9.17, 15) is 5.11 Å². The molecule has 4 nitrogen and oxygen atoms in total. The molecule has 1 aliphatic rings. The molecule has 2 aromatic heterocycles. The first-order valence-electron chi connectivity index (χ1n) is 7.50. The minimum atomic E-state index is -0.203. The Morgan fingerprint density at radius 3 is 3.00 bits per heavy atom. The number of aryl methyl sites for hydroxylation is 2. The zero-order valence-corrected chi connectivity index (χ0v) is 13.0. The summed E-state index contributed by atoms with van der Waals surface area (Å²) < 4.78 is 2.19. The van der Waals surface area contributed by atoms with Gasteiger partial charge in [-0.15, -0.1) is 11.3 Å². The summed E-state index contributed by atoms with van der Waals surface area (Å²) in [6.07, 6.45) is 7.56. The second-order valence-corrected chi connectivity index (χ2v) is 7.04. The number of fused-ring (bicyclic) bond motifs is 1. The van der Waals surface area contributed by atoms with E-state index in [0.29, 0.717) is 0 Å². The van der Waals surface area contributed by atoms with Gasteiger partial charge >= 0.3 is 0 Å². The lowest BCUT2D eigenvalue weighted by molar-refractivity contribution is 0.119. The van der Waals surface area contributed by atoms with E-state index in [2.05, 4.69) is 34.7 Å². The van der Waals surface area contributed by atoms with Crippen molar-refractivity contribution in [1.82, 2.24) is 14.7 Å². The number of imidazole rings is 1. The first-order valence-corrected chi connectivity index (χ1v) is 8.32. The summed E-state index contributed by atoms with van der Waals surface area (Å²) in [6.45, 7) is 4.96. The molecule has 0 saturated heterocycles. The van der Waals surface area contributed by atoms with Crippen LogP contribution in [0.5, 0.6) is 0 Å². The SMILES string of the molecule is Cc1cn2c(CNC3CCCCCC3O)c(C)nc2s1. The predicted molar refractivity (Wildman–Crippen MR) is 82.3 cm³/mol. The highest BCUT2D eigenvalue weighted by atomic mass is 32.1. The van der Waals surface area contributed by atoms with Gasteiger partial charge < -0.3 is 10.4 Å². The molecule has 2 aromatic rings. The van der Waals surface area contributed by atoms with Crippen molar-refractivity contribution in [1.29, 1.82) is 0 Å². The van der Waals surface area contributed by atoms with Gasteiger partial charge in [0, 0.05) is 23.7 Å². The highest BCUT2D eigenvalue weighted by Gasteiger charge is 2.22. The molecule has 0 aliphatic heterocycles. The fourth-order valence-corrected chi connectivity index (χ4v) is 3.97. The predicted octanol–water partition coefficient (Wildman–Crippen LogP) is 2.80. The van der Waals surface area contributed by atoms with Crippen molar-refractivity contribution in [2.75, 3.05) is 0 Å². The normalized spacial score (nSPS) is 24.1. The number of aliphatic hydroxyl groups excluding tert-OH is 1. The molecule has 0 aromatic carbocycles. The van der Waals surface area contributed by atoms with Gasteiger partial charge in [-0.25, -0.2) is 4.98 Å². The molecular formula is C15H23N3OS. The van der Waals surface area contributed by atoms with E-state index in [1.807, 2.05) is 0 Å². The number of hydrogen-bond donors (Lipinski definition) is 2. The van der Waals surface area contributed by atoms with Crippen molar-refractivity contribution in [3.8, 4) is 0 Å². The van der Waals surface area contributed by atoms with Crippen LogP contribution >= 0.6 is 11.3 Å².